The van der Waals surface area contributed by atoms with Crippen LogP contribution in [0, 0.1) is 0 Å². The SMILES string of the molecule is CCOC(=O)c1cc(-c2ccccc2)sc1NC(=S)NC(=O)c1cccs1. The van der Waals surface area contributed by atoms with Gasteiger partial charge in [-0.3, -0.25) is 10.1 Å². The first-order valence-corrected chi connectivity index (χ1v) is 10.2. The van der Waals surface area contributed by atoms with Gasteiger partial charge in [-0.25, -0.2) is 4.79 Å². The first kappa shape index (κ1) is 19.2. The smallest absolute Gasteiger partial charge is 0.341 e. The van der Waals surface area contributed by atoms with Crippen molar-refractivity contribution in [1.82, 2.24) is 5.32 Å². The zero-order valence-corrected chi connectivity index (χ0v) is 16.8. The number of carbonyl (C=O) groups excluding carboxylic acids is 2. The summed E-state index contributed by atoms with van der Waals surface area (Å²) >= 11 is 7.94. The van der Waals surface area contributed by atoms with Crippen molar-refractivity contribution in [3.8, 4) is 10.4 Å². The van der Waals surface area contributed by atoms with Gasteiger partial charge in [0.15, 0.2) is 5.11 Å². The zero-order valence-electron chi connectivity index (χ0n) is 14.4. The molecule has 8 heteroatoms. The highest BCUT2D eigenvalue weighted by Crippen LogP contribution is 2.35. The molecule has 0 atom stereocenters. The Morgan fingerprint density at radius 1 is 1.15 bits per heavy atom. The molecule has 2 aromatic heterocycles. The van der Waals surface area contributed by atoms with Crippen LogP contribution < -0.4 is 10.6 Å². The van der Waals surface area contributed by atoms with Crippen molar-refractivity contribution in [2.45, 2.75) is 6.92 Å². The Balaban J connectivity index is 1.82. The summed E-state index contributed by atoms with van der Waals surface area (Å²) < 4.78 is 5.14. The third kappa shape index (κ3) is 4.79. The van der Waals surface area contributed by atoms with E-state index in [1.54, 1.807) is 25.1 Å². The molecule has 0 aliphatic carbocycles. The Kier molecular flexibility index (Phi) is 6.33. The summed E-state index contributed by atoms with van der Waals surface area (Å²) in [5, 5.41) is 8.05. The number of amides is 1. The molecule has 0 bridgehead atoms. The topological polar surface area (TPSA) is 67.4 Å². The minimum atomic E-state index is -0.439. The van der Waals surface area contributed by atoms with E-state index < -0.39 is 5.97 Å². The molecule has 0 aliphatic heterocycles. The maximum absolute atomic E-state index is 12.3. The van der Waals surface area contributed by atoms with Gasteiger partial charge in [-0.05, 0) is 42.2 Å². The van der Waals surface area contributed by atoms with Gasteiger partial charge in [0.1, 0.15) is 5.00 Å². The Morgan fingerprint density at radius 3 is 2.59 bits per heavy atom. The molecular formula is C19H16N2O3S3. The lowest BCUT2D eigenvalue weighted by molar-refractivity contribution is 0.0528. The number of rotatable bonds is 5. The number of carbonyl (C=O) groups is 2. The molecule has 0 saturated heterocycles. The third-order valence-corrected chi connectivity index (χ3v) is 5.66. The second kappa shape index (κ2) is 8.90. The van der Waals surface area contributed by atoms with Gasteiger partial charge in [-0.2, -0.15) is 0 Å². The van der Waals surface area contributed by atoms with Crippen LogP contribution in [0.25, 0.3) is 10.4 Å². The molecule has 3 rings (SSSR count). The van der Waals surface area contributed by atoms with Crippen molar-refractivity contribution in [1.29, 1.82) is 0 Å². The predicted octanol–water partition coefficient (Wildman–Crippen LogP) is 4.78. The van der Waals surface area contributed by atoms with Crippen LogP contribution in [-0.2, 0) is 4.74 Å². The van der Waals surface area contributed by atoms with Crippen LogP contribution in [-0.4, -0.2) is 23.6 Å². The number of nitrogens with one attached hydrogen (secondary N) is 2. The summed E-state index contributed by atoms with van der Waals surface area (Å²) in [5.41, 5.74) is 1.36. The van der Waals surface area contributed by atoms with E-state index in [9.17, 15) is 9.59 Å². The van der Waals surface area contributed by atoms with E-state index in [1.807, 2.05) is 35.7 Å². The van der Waals surface area contributed by atoms with Gasteiger partial charge in [-0.1, -0.05) is 36.4 Å². The molecule has 0 radical (unpaired) electrons. The van der Waals surface area contributed by atoms with Gasteiger partial charge in [-0.15, -0.1) is 22.7 Å². The number of benzene rings is 1. The summed E-state index contributed by atoms with van der Waals surface area (Å²) in [7, 11) is 0. The van der Waals surface area contributed by atoms with Crippen molar-refractivity contribution in [2.24, 2.45) is 0 Å². The molecule has 138 valence electrons. The molecule has 3 aromatic rings. The molecule has 0 unspecified atom stereocenters. The predicted molar refractivity (Wildman–Crippen MR) is 114 cm³/mol. The number of hydrogen-bond donors (Lipinski definition) is 2. The average Bonchev–Trinajstić information content (AvgIpc) is 3.33. The Labute approximate surface area is 170 Å². The summed E-state index contributed by atoms with van der Waals surface area (Å²) in [4.78, 5) is 25.9. The molecule has 0 aliphatic rings. The second-order valence-corrected chi connectivity index (χ2v) is 7.73. The highest BCUT2D eigenvalue weighted by Gasteiger charge is 2.19. The fraction of sp³-hybridized carbons (Fsp3) is 0.105. The number of thiocarbonyl (C=S) groups is 1. The summed E-state index contributed by atoms with van der Waals surface area (Å²) in [6.45, 7) is 2.02. The van der Waals surface area contributed by atoms with Crippen LogP contribution in [0.4, 0.5) is 5.00 Å². The molecule has 0 saturated carbocycles. The molecule has 27 heavy (non-hydrogen) atoms. The van der Waals surface area contributed by atoms with E-state index in [1.165, 1.54) is 22.7 Å². The number of esters is 1. The molecule has 0 spiro atoms. The number of thiophene rings is 2. The molecular weight excluding hydrogens is 400 g/mol. The molecule has 5 nitrogen and oxygen atoms in total. The average molecular weight is 417 g/mol. The van der Waals surface area contributed by atoms with Gasteiger partial charge in [0.05, 0.1) is 17.0 Å². The number of anilines is 1. The van der Waals surface area contributed by atoms with E-state index in [4.69, 9.17) is 17.0 Å². The van der Waals surface area contributed by atoms with Gasteiger partial charge in [0.25, 0.3) is 5.91 Å². The van der Waals surface area contributed by atoms with Crippen molar-refractivity contribution in [3.05, 3.63) is 64.4 Å². The quantitative estimate of drug-likeness (QED) is 0.463. The number of hydrogen-bond acceptors (Lipinski definition) is 6. The fourth-order valence-corrected chi connectivity index (χ4v) is 4.23. The Hall–Kier alpha value is -2.55. The third-order valence-electron chi connectivity index (χ3n) is 3.48. The molecule has 1 aromatic carbocycles. The lowest BCUT2D eigenvalue weighted by Crippen LogP contribution is -2.33. The van der Waals surface area contributed by atoms with E-state index in [0.29, 0.717) is 15.4 Å². The van der Waals surface area contributed by atoms with Crippen LogP contribution in [0.3, 0.4) is 0 Å². The largest absolute Gasteiger partial charge is 0.462 e. The van der Waals surface area contributed by atoms with Crippen molar-refractivity contribution >= 4 is 56.9 Å². The van der Waals surface area contributed by atoms with Crippen molar-refractivity contribution < 1.29 is 14.3 Å². The summed E-state index contributed by atoms with van der Waals surface area (Å²) in [6, 6.07) is 15.0. The van der Waals surface area contributed by atoms with Crippen LogP contribution >= 0.6 is 34.9 Å². The summed E-state index contributed by atoms with van der Waals surface area (Å²) in [6.07, 6.45) is 0. The summed E-state index contributed by atoms with van der Waals surface area (Å²) in [5.74, 6) is -0.731. The zero-order chi connectivity index (χ0) is 19.2. The minimum absolute atomic E-state index is 0.125. The first-order chi connectivity index (χ1) is 13.1. The highest BCUT2D eigenvalue weighted by atomic mass is 32.1. The molecule has 2 heterocycles. The van der Waals surface area contributed by atoms with Crippen LogP contribution in [0.2, 0.25) is 0 Å². The van der Waals surface area contributed by atoms with Crippen LogP contribution in [0.15, 0.2) is 53.9 Å². The van der Waals surface area contributed by atoms with Gasteiger partial charge in [0.2, 0.25) is 0 Å². The minimum Gasteiger partial charge on any atom is -0.462 e. The van der Waals surface area contributed by atoms with E-state index >= 15 is 0 Å². The van der Waals surface area contributed by atoms with E-state index in [-0.39, 0.29) is 17.6 Å². The van der Waals surface area contributed by atoms with Gasteiger partial charge < -0.3 is 10.1 Å². The molecule has 1 amide bonds. The van der Waals surface area contributed by atoms with E-state index in [0.717, 1.165) is 10.4 Å². The highest BCUT2D eigenvalue weighted by molar-refractivity contribution is 7.80. The van der Waals surface area contributed by atoms with Crippen molar-refractivity contribution in [2.75, 3.05) is 11.9 Å². The van der Waals surface area contributed by atoms with Gasteiger partial charge in [0, 0.05) is 4.88 Å². The van der Waals surface area contributed by atoms with Crippen LogP contribution in [0.1, 0.15) is 27.0 Å². The monoisotopic (exact) mass is 416 g/mol. The van der Waals surface area contributed by atoms with Crippen LogP contribution in [0.5, 0.6) is 0 Å². The van der Waals surface area contributed by atoms with E-state index in [2.05, 4.69) is 10.6 Å². The Morgan fingerprint density at radius 2 is 1.93 bits per heavy atom. The standard InChI is InChI=1S/C19H16N2O3S3/c1-2-24-18(23)13-11-15(12-7-4-3-5-8-12)27-17(13)21-19(25)20-16(22)14-9-6-10-26-14/h3-11H,2H2,1H3,(H2,20,21,22,25). The lowest BCUT2D eigenvalue weighted by Gasteiger charge is -2.09. The lowest BCUT2D eigenvalue weighted by atomic mass is 10.1. The maximum atomic E-state index is 12.3. The number of ether oxygens (including phenoxy) is 1. The Bertz CT molecular complexity index is 950. The molecule has 2 N–H and O–H groups in total. The second-order valence-electron chi connectivity index (χ2n) is 5.33. The van der Waals surface area contributed by atoms with Crippen molar-refractivity contribution in [3.63, 3.8) is 0 Å². The normalized spacial score (nSPS) is 10.3. The maximum Gasteiger partial charge on any atom is 0.341 e. The fourth-order valence-electron chi connectivity index (χ4n) is 2.30. The van der Waals surface area contributed by atoms with Gasteiger partial charge >= 0.3 is 5.97 Å². The first-order valence-electron chi connectivity index (χ1n) is 8.10. The molecule has 0 fully saturated rings.